The van der Waals surface area contributed by atoms with Gasteiger partial charge in [-0.05, 0) is 23.5 Å². The molecule has 1 heterocycles. The monoisotopic (exact) mass is 304 g/mol. The van der Waals surface area contributed by atoms with Crippen molar-refractivity contribution >= 4 is 5.91 Å². The summed E-state index contributed by atoms with van der Waals surface area (Å²) in [6.45, 7) is 7.31. The topological polar surface area (TPSA) is 61.2 Å². The normalized spacial score (nSPS) is 17.5. The van der Waals surface area contributed by atoms with Crippen LogP contribution in [0.15, 0.2) is 18.2 Å². The lowest BCUT2D eigenvalue weighted by molar-refractivity contribution is -0.592. The zero-order valence-electron chi connectivity index (χ0n) is 13.7. The van der Waals surface area contributed by atoms with Gasteiger partial charge in [0.05, 0.1) is 0 Å². The molecule has 5 heteroatoms. The number of nitrogens with one attached hydrogen (secondary N) is 2. The zero-order valence-corrected chi connectivity index (χ0v) is 13.7. The molecule has 0 aliphatic carbocycles. The first-order chi connectivity index (χ1) is 10.5. The van der Waals surface area contributed by atoms with E-state index in [1.807, 2.05) is 19.1 Å². The van der Waals surface area contributed by atoms with E-state index in [4.69, 9.17) is 0 Å². The molecule has 0 spiro atoms. The Balaban J connectivity index is 1.84. The molecule has 1 amide bonds. The lowest BCUT2D eigenvalue weighted by Crippen LogP contribution is -2.36. The van der Waals surface area contributed by atoms with Crippen molar-refractivity contribution in [3.63, 3.8) is 0 Å². The van der Waals surface area contributed by atoms with E-state index in [-0.39, 0.29) is 11.9 Å². The highest BCUT2D eigenvalue weighted by molar-refractivity contribution is 5.75. The molecule has 0 saturated heterocycles. The molecule has 1 unspecified atom stereocenters. The third-order valence-electron chi connectivity index (χ3n) is 4.16. The molecule has 1 aromatic carbocycles. The van der Waals surface area contributed by atoms with E-state index in [0.29, 0.717) is 25.4 Å². The van der Waals surface area contributed by atoms with Crippen molar-refractivity contribution in [2.75, 3.05) is 6.54 Å². The van der Waals surface area contributed by atoms with Crippen LogP contribution in [0, 0.1) is 10.8 Å². The van der Waals surface area contributed by atoms with Crippen LogP contribution in [0.1, 0.15) is 56.3 Å². The first-order valence-electron chi connectivity index (χ1n) is 8.04. The number of nitroso groups, excluding NO2 is 1. The molecular weight excluding hydrogens is 278 g/mol. The molecule has 120 valence electrons. The number of carbonyl (C=O) groups is 1. The van der Waals surface area contributed by atoms with Gasteiger partial charge in [0.1, 0.15) is 0 Å². The zero-order chi connectivity index (χ0) is 16.1. The van der Waals surface area contributed by atoms with Gasteiger partial charge in [-0.15, -0.1) is 0 Å². The third-order valence-corrected chi connectivity index (χ3v) is 4.16. The minimum atomic E-state index is -0.0681. The lowest BCUT2D eigenvalue weighted by Gasteiger charge is -2.17. The van der Waals surface area contributed by atoms with E-state index in [0.717, 1.165) is 28.7 Å². The number of amides is 1. The maximum atomic E-state index is 11.7. The fourth-order valence-electron chi connectivity index (χ4n) is 2.70. The fraction of sp³-hybridized carbons (Fsp3) is 0.588. The summed E-state index contributed by atoms with van der Waals surface area (Å²) in [5.74, 6) is 0.566. The third kappa shape index (κ3) is 4.37. The van der Waals surface area contributed by atoms with Crippen LogP contribution >= 0.6 is 0 Å². The molecule has 1 aliphatic heterocycles. The Morgan fingerprint density at radius 3 is 2.91 bits per heavy atom. The van der Waals surface area contributed by atoms with Crippen LogP contribution in [-0.2, 0) is 17.8 Å². The Morgan fingerprint density at radius 2 is 2.18 bits per heavy atom. The highest BCUT2D eigenvalue weighted by atomic mass is 16.3. The Bertz CT molecular complexity index is 555. The van der Waals surface area contributed by atoms with Crippen molar-refractivity contribution in [1.29, 1.82) is 0 Å². The second-order valence-corrected chi connectivity index (χ2v) is 6.43. The summed E-state index contributed by atoms with van der Waals surface area (Å²) in [6.07, 6.45) is 2.24. The maximum Gasteiger partial charge on any atom is 0.234 e. The van der Waals surface area contributed by atoms with Gasteiger partial charge in [0.2, 0.25) is 11.9 Å². The van der Waals surface area contributed by atoms with Crippen LogP contribution in [0.25, 0.3) is 0 Å². The van der Waals surface area contributed by atoms with E-state index in [2.05, 4.69) is 30.8 Å². The molecule has 1 atom stereocenters. The number of fused-ring (bicyclic) bond motifs is 1. The average Bonchev–Trinajstić information content (AvgIpc) is 2.49. The van der Waals surface area contributed by atoms with E-state index < -0.39 is 0 Å². The van der Waals surface area contributed by atoms with Crippen LogP contribution in [0.5, 0.6) is 0 Å². The standard InChI is InChI=1S/C17H25N3O2/c1-12(2)4-7-17(21)19-18-11-14-5-6-16-13(3)20(22)9-8-15(16)10-14/h5-6,10,12-13,18H,4,7-9,11H2,1-3H3/p+1. The molecule has 2 rings (SSSR count). The number of hydrazine groups is 1. The summed E-state index contributed by atoms with van der Waals surface area (Å²) in [4.78, 5) is 23.3. The van der Waals surface area contributed by atoms with Gasteiger partial charge in [0, 0.05) is 41.5 Å². The minimum absolute atomic E-state index is 0.0299. The second-order valence-electron chi connectivity index (χ2n) is 6.43. The van der Waals surface area contributed by atoms with Gasteiger partial charge >= 0.3 is 0 Å². The summed E-state index contributed by atoms with van der Waals surface area (Å²) in [6, 6.07) is 6.11. The van der Waals surface area contributed by atoms with Crippen LogP contribution in [-0.4, -0.2) is 17.2 Å². The Kier molecular flexibility index (Phi) is 5.66. The first kappa shape index (κ1) is 16.6. The summed E-state index contributed by atoms with van der Waals surface area (Å²) in [5.41, 5.74) is 9.19. The number of nitrogens with zero attached hydrogens (tertiary/aromatic N) is 1. The van der Waals surface area contributed by atoms with Gasteiger partial charge in [-0.25, -0.2) is 5.43 Å². The summed E-state index contributed by atoms with van der Waals surface area (Å²) < 4.78 is 1.13. The van der Waals surface area contributed by atoms with Crippen LogP contribution < -0.4 is 10.9 Å². The highest BCUT2D eigenvalue weighted by Crippen LogP contribution is 2.26. The van der Waals surface area contributed by atoms with Gasteiger partial charge in [-0.2, -0.15) is 0 Å². The molecule has 5 nitrogen and oxygen atoms in total. The van der Waals surface area contributed by atoms with Gasteiger partial charge in [0.15, 0.2) is 6.54 Å². The molecule has 0 aromatic heterocycles. The predicted octanol–water partition coefficient (Wildman–Crippen LogP) is 2.64. The van der Waals surface area contributed by atoms with E-state index in [1.54, 1.807) is 0 Å². The fourth-order valence-corrected chi connectivity index (χ4v) is 2.70. The van der Waals surface area contributed by atoms with Crippen molar-refractivity contribution in [2.45, 2.75) is 52.6 Å². The first-order valence-corrected chi connectivity index (χ1v) is 8.04. The molecule has 0 bridgehead atoms. The lowest BCUT2D eigenvalue weighted by atomic mass is 9.93. The van der Waals surface area contributed by atoms with Crippen molar-refractivity contribution in [3.05, 3.63) is 39.8 Å². The van der Waals surface area contributed by atoms with Crippen molar-refractivity contribution in [3.8, 4) is 0 Å². The Hall–Kier alpha value is -1.75. The van der Waals surface area contributed by atoms with E-state index in [1.165, 1.54) is 5.56 Å². The Morgan fingerprint density at radius 1 is 1.41 bits per heavy atom. The maximum absolute atomic E-state index is 11.7. The number of rotatable bonds is 6. The van der Waals surface area contributed by atoms with Crippen molar-refractivity contribution in [1.82, 2.24) is 10.9 Å². The van der Waals surface area contributed by atoms with Crippen LogP contribution in [0.2, 0.25) is 0 Å². The molecule has 0 fully saturated rings. The molecule has 2 N–H and O–H groups in total. The quantitative estimate of drug-likeness (QED) is 0.627. The smallest absolute Gasteiger partial charge is 0.234 e. The average molecular weight is 304 g/mol. The van der Waals surface area contributed by atoms with Gasteiger partial charge < -0.3 is 0 Å². The van der Waals surface area contributed by atoms with E-state index >= 15 is 0 Å². The number of hydrogen-bond donors (Lipinski definition) is 2. The molecule has 0 saturated carbocycles. The van der Waals surface area contributed by atoms with Crippen LogP contribution in [0.4, 0.5) is 0 Å². The summed E-state index contributed by atoms with van der Waals surface area (Å²) >= 11 is 0. The Labute approximate surface area is 132 Å². The largest absolute Gasteiger partial charge is 0.291 e. The molecule has 1 aromatic rings. The molecule has 22 heavy (non-hydrogen) atoms. The molecule has 1 aliphatic rings. The van der Waals surface area contributed by atoms with Gasteiger partial charge in [-0.3, -0.25) is 10.2 Å². The summed E-state index contributed by atoms with van der Waals surface area (Å²) in [7, 11) is 0. The molecule has 0 radical (unpaired) electrons. The number of hydrogen-bond acceptors (Lipinski definition) is 3. The minimum Gasteiger partial charge on any atom is -0.291 e. The molecular formula is C17H26N3O2+. The SMILES string of the molecule is CC(C)CCC(=O)NNCc1ccc2c(c1)CC[N+](=O)C2C. The summed E-state index contributed by atoms with van der Waals surface area (Å²) in [5, 5.41) is 0. The van der Waals surface area contributed by atoms with E-state index in [9.17, 15) is 9.70 Å². The van der Waals surface area contributed by atoms with Crippen LogP contribution in [0.3, 0.4) is 0 Å². The number of benzene rings is 1. The number of carbonyl (C=O) groups excluding carboxylic acids is 1. The predicted molar refractivity (Wildman–Crippen MR) is 86.1 cm³/mol. The highest BCUT2D eigenvalue weighted by Gasteiger charge is 2.29. The second kappa shape index (κ2) is 7.49. The van der Waals surface area contributed by atoms with Crippen molar-refractivity contribution < 1.29 is 9.55 Å². The van der Waals surface area contributed by atoms with Crippen molar-refractivity contribution in [2.24, 2.45) is 5.92 Å². The van der Waals surface area contributed by atoms with Gasteiger partial charge in [-0.1, -0.05) is 32.0 Å². The van der Waals surface area contributed by atoms with Gasteiger partial charge in [0.25, 0.3) is 0 Å².